The fraction of sp³-hybridized carbons (Fsp3) is 0.412. The van der Waals surface area contributed by atoms with Crippen molar-refractivity contribution in [1.82, 2.24) is 10.2 Å². The van der Waals surface area contributed by atoms with Crippen LogP contribution in [0.5, 0.6) is 0 Å². The zero-order valence-electron chi connectivity index (χ0n) is 13.9. The number of hydrogen-bond donors (Lipinski definition) is 1. The number of nitrogens with one attached hydrogen (secondary N) is 1. The molecule has 0 saturated heterocycles. The van der Waals surface area contributed by atoms with E-state index in [0.717, 1.165) is 0 Å². The van der Waals surface area contributed by atoms with Gasteiger partial charge in [-0.15, -0.1) is 0 Å². The Kier molecular flexibility index (Phi) is 6.62. The molecular weight excluding hydrogens is 312 g/mol. The van der Waals surface area contributed by atoms with E-state index in [2.05, 4.69) is 5.32 Å². The summed E-state index contributed by atoms with van der Waals surface area (Å²) in [6.07, 6.45) is 3.23. The molecule has 0 bridgehead atoms. The van der Waals surface area contributed by atoms with Gasteiger partial charge in [0, 0.05) is 26.6 Å². The van der Waals surface area contributed by atoms with Crippen LogP contribution in [0.4, 0.5) is 0 Å². The Hall–Kier alpha value is -2.54. The van der Waals surface area contributed by atoms with Gasteiger partial charge in [-0.2, -0.15) is 0 Å². The molecule has 0 aliphatic rings. The smallest absolute Gasteiger partial charge is 0.257 e. The van der Waals surface area contributed by atoms with E-state index in [9.17, 15) is 9.59 Å². The van der Waals surface area contributed by atoms with Crippen molar-refractivity contribution < 1.29 is 23.2 Å². The minimum Gasteiger partial charge on any atom is -0.469 e. The summed E-state index contributed by atoms with van der Waals surface area (Å²) in [6.45, 7) is 3.21. The molecule has 0 aromatic carbocycles. The number of carbonyl (C=O) groups excluding carboxylic acids is 2. The fourth-order valence-electron chi connectivity index (χ4n) is 2.24. The van der Waals surface area contributed by atoms with Crippen LogP contribution in [-0.4, -0.2) is 43.5 Å². The summed E-state index contributed by atoms with van der Waals surface area (Å²) >= 11 is 0. The summed E-state index contributed by atoms with van der Waals surface area (Å²) in [5, 5.41) is 2.74. The number of carbonyl (C=O) groups is 2. The van der Waals surface area contributed by atoms with Crippen LogP contribution in [0.1, 0.15) is 28.3 Å². The van der Waals surface area contributed by atoms with Gasteiger partial charge in [-0.1, -0.05) is 0 Å². The number of hydrogen-bond acceptors (Lipinski definition) is 5. The molecule has 0 fully saturated rings. The van der Waals surface area contributed by atoms with Crippen LogP contribution in [0.15, 0.2) is 39.6 Å². The standard InChI is InChI=1S/C17H22N2O5/c1-13-15(6-10-23-13)17(21)19(12-14-4-3-9-24-14)8-5-16(20)18-7-11-22-2/h3-4,6,9-10H,5,7-8,11-12H2,1-2H3,(H,18,20). The highest BCUT2D eigenvalue weighted by molar-refractivity contribution is 5.95. The van der Waals surface area contributed by atoms with Crippen LogP contribution in [0, 0.1) is 6.92 Å². The van der Waals surface area contributed by atoms with Crippen molar-refractivity contribution in [2.75, 3.05) is 26.8 Å². The van der Waals surface area contributed by atoms with E-state index in [4.69, 9.17) is 13.6 Å². The monoisotopic (exact) mass is 334 g/mol. The highest BCUT2D eigenvalue weighted by Crippen LogP contribution is 2.15. The number of rotatable bonds is 9. The lowest BCUT2D eigenvalue weighted by atomic mass is 10.2. The topological polar surface area (TPSA) is 84.9 Å². The maximum atomic E-state index is 12.7. The van der Waals surface area contributed by atoms with Crippen LogP contribution in [0.3, 0.4) is 0 Å². The van der Waals surface area contributed by atoms with Gasteiger partial charge in [0.1, 0.15) is 11.5 Å². The molecule has 0 aliphatic heterocycles. The lowest BCUT2D eigenvalue weighted by Gasteiger charge is -2.21. The summed E-state index contributed by atoms with van der Waals surface area (Å²) in [5.41, 5.74) is 0.487. The van der Waals surface area contributed by atoms with Crippen LogP contribution in [-0.2, 0) is 16.1 Å². The van der Waals surface area contributed by atoms with Gasteiger partial charge in [-0.25, -0.2) is 0 Å². The van der Waals surface area contributed by atoms with E-state index in [0.29, 0.717) is 36.8 Å². The molecule has 24 heavy (non-hydrogen) atoms. The number of aryl methyl sites for hydroxylation is 1. The largest absolute Gasteiger partial charge is 0.469 e. The average molecular weight is 334 g/mol. The summed E-state index contributed by atoms with van der Waals surface area (Å²) in [4.78, 5) is 26.1. The Morgan fingerprint density at radius 1 is 1.25 bits per heavy atom. The van der Waals surface area contributed by atoms with Gasteiger partial charge in [0.25, 0.3) is 5.91 Å². The van der Waals surface area contributed by atoms with Crippen LogP contribution >= 0.6 is 0 Å². The van der Waals surface area contributed by atoms with Gasteiger partial charge in [0.05, 0.1) is 31.2 Å². The van der Waals surface area contributed by atoms with Crippen molar-refractivity contribution in [3.8, 4) is 0 Å². The lowest BCUT2D eigenvalue weighted by Crippen LogP contribution is -2.35. The first-order valence-electron chi connectivity index (χ1n) is 7.73. The number of amides is 2. The molecule has 0 saturated carbocycles. The van der Waals surface area contributed by atoms with E-state index >= 15 is 0 Å². The predicted molar refractivity (Wildman–Crippen MR) is 86.4 cm³/mol. The lowest BCUT2D eigenvalue weighted by molar-refractivity contribution is -0.121. The predicted octanol–water partition coefficient (Wildman–Crippen LogP) is 1.98. The highest BCUT2D eigenvalue weighted by atomic mass is 16.5. The molecule has 2 aromatic heterocycles. The number of methoxy groups -OCH3 is 1. The van der Waals surface area contributed by atoms with Gasteiger partial charge in [-0.05, 0) is 25.1 Å². The van der Waals surface area contributed by atoms with Gasteiger partial charge in [0.2, 0.25) is 5.91 Å². The first-order chi connectivity index (χ1) is 11.6. The van der Waals surface area contributed by atoms with Crippen molar-refractivity contribution in [1.29, 1.82) is 0 Å². The SMILES string of the molecule is COCCNC(=O)CCN(Cc1ccco1)C(=O)c1ccoc1C. The molecule has 0 unspecified atom stereocenters. The molecule has 2 rings (SSSR count). The third-order valence-corrected chi connectivity index (χ3v) is 3.54. The summed E-state index contributed by atoms with van der Waals surface area (Å²) < 4.78 is 15.4. The van der Waals surface area contributed by atoms with Gasteiger partial charge < -0.3 is 23.8 Å². The molecule has 2 aromatic rings. The first kappa shape index (κ1) is 17.8. The highest BCUT2D eigenvalue weighted by Gasteiger charge is 2.21. The molecule has 0 spiro atoms. The molecular formula is C17H22N2O5. The number of nitrogens with zero attached hydrogens (tertiary/aromatic N) is 1. The first-order valence-corrected chi connectivity index (χ1v) is 7.73. The van der Waals surface area contributed by atoms with Crippen molar-refractivity contribution >= 4 is 11.8 Å². The Balaban J connectivity index is 1.99. The normalized spacial score (nSPS) is 10.6. The summed E-state index contributed by atoms with van der Waals surface area (Å²) in [6, 6.07) is 5.19. The number of furan rings is 2. The minimum absolute atomic E-state index is 0.131. The molecule has 1 N–H and O–H groups in total. The van der Waals surface area contributed by atoms with Gasteiger partial charge >= 0.3 is 0 Å². The molecule has 130 valence electrons. The second kappa shape index (κ2) is 8.93. The Labute approximate surface area is 140 Å². The zero-order chi connectivity index (χ0) is 17.4. The third-order valence-electron chi connectivity index (χ3n) is 3.54. The maximum Gasteiger partial charge on any atom is 0.257 e. The third kappa shape index (κ3) is 4.99. The Morgan fingerprint density at radius 3 is 2.71 bits per heavy atom. The fourth-order valence-corrected chi connectivity index (χ4v) is 2.24. The molecule has 2 amide bonds. The maximum absolute atomic E-state index is 12.7. The molecule has 7 heteroatoms. The average Bonchev–Trinajstić information content (AvgIpc) is 3.22. The van der Waals surface area contributed by atoms with Gasteiger partial charge in [0.15, 0.2) is 0 Å². The Morgan fingerprint density at radius 2 is 2.08 bits per heavy atom. The van der Waals surface area contributed by atoms with Crippen molar-refractivity contribution in [2.45, 2.75) is 19.9 Å². The number of ether oxygens (including phenoxy) is 1. The van der Waals surface area contributed by atoms with Crippen molar-refractivity contribution in [2.24, 2.45) is 0 Å². The molecule has 0 atom stereocenters. The van der Waals surface area contributed by atoms with E-state index in [1.54, 1.807) is 43.4 Å². The van der Waals surface area contributed by atoms with Crippen LogP contribution in [0.25, 0.3) is 0 Å². The quantitative estimate of drug-likeness (QED) is 0.709. The molecule has 7 nitrogen and oxygen atoms in total. The molecule has 0 radical (unpaired) electrons. The van der Waals surface area contributed by atoms with Crippen LogP contribution in [0.2, 0.25) is 0 Å². The van der Waals surface area contributed by atoms with Crippen molar-refractivity contribution in [3.05, 3.63) is 47.8 Å². The van der Waals surface area contributed by atoms with E-state index in [1.165, 1.54) is 6.26 Å². The van der Waals surface area contributed by atoms with E-state index < -0.39 is 0 Å². The zero-order valence-corrected chi connectivity index (χ0v) is 13.9. The van der Waals surface area contributed by atoms with Crippen molar-refractivity contribution in [3.63, 3.8) is 0 Å². The second-order valence-electron chi connectivity index (χ2n) is 5.29. The van der Waals surface area contributed by atoms with Gasteiger partial charge in [-0.3, -0.25) is 9.59 Å². The van der Waals surface area contributed by atoms with Crippen LogP contribution < -0.4 is 5.32 Å². The second-order valence-corrected chi connectivity index (χ2v) is 5.29. The Bertz CT molecular complexity index is 648. The molecule has 2 heterocycles. The van der Waals surface area contributed by atoms with E-state index in [1.807, 2.05) is 0 Å². The summed E-state index contributed by atoms with van der Waals surface area (Å²) in [7, 11) is 1.57. The minimum atomic E-state index is -0.192. The molecule has 0 aliphatic carbocycles. The summed E-state index contributed by atoms with van der Waals surface area (Å²) in [5.74, 6) is 0.883. The van der Waals surface area contributed by atoms with E-state index in [-0.39, 0.29) is 24.8 Å².